The molecule has 0 aliphatic carbocycles. The van der Waals surface area contributed by atoms with Crippen LogP contribution in [-0.2, 0) is 4.79 Å². The number of amides is 1. The third-order valence-electron chi connectivity index (χ3n) is 2.92. The van der Waals surface area contributed by atoms with E-state index in [1.54, 1.807) is 0 Å². The van der Waals surface area contributed by atoms with Crippen LogP contribution in [0, 0.1) is 5.92 Å². The second-order valence-electron chi connectivity index (χ2n) is 4.09. The van der Waals surface area contributed by atoms with Crippen LogP contribution in [0.15, 0.2) is 24.3 Å². The van der Waals surface area contributed by atoms with E-state index in [0.29, 0.717) is 0 Å². The first-order valence-electron chi connectivity index (χ1n) is 5.22. The third kappa shape index (κ3) is 2.32. The van der Waals surface area contributed by atoms with Gasteiger partial charge in [0.2, 0.25) is 5.91 Å². The predicted octanol–water partition coefficient (Wildman–Crippen LogP) is 2.93. The highest BCUT2D eigenvalue weighted by Crippen LogP contribution is 2.26. The Labute approximate surface area is 94.6 Å². The Bertz CT molecular complexity index is 360. The van der Waals surface area contributed by atoms with Gasteiger partial charge in [0, 0.05) is 10.9 Å². The lowest BCUT2D eigenvalue weighted by Crippen LogP contribution is -2.37. The van der Waals surface area contributed by atoms with Crippen LogP contribution in [-0.4, -0.2) is 5.91 Å². The van der Waals surface area contributed by atoms with Gasteiger partial charge < -0.3 is 5.32 Å². The molecule has 2 unspecified atom stereocenters. The molecule has 0 spiro atoms. The monoisotopic (exact) mass is 223 g/mol. The number of carbonyl (C=O) groups is 1. The van der Waals surface area contributed by atoms with E-state index in [1.807, 2.05) is 31.2 Å². The number of piperidine rings is 1. The van der Waals surface area contributed by atoms with Crippen molar-refractivity contribution in [3.63, 3.8) is 0 Å². The zero-order chi connectivity index (χ0) is 10.8. The maximum atomic E-state index is 11.5. The summed E-state index contributed by atoms with van der Waals surface area (Å²) in [5.74, 6) is 0.301. The van der Waals surface area contributed by atoms with Crippen molar-refractivity contribution < 1.29 is 4.79 Å². The smallest absolute Gasteiger partial charge is 0.223 e. The summed E-state index contributed by atoms with van der Waals surface area (Å²) in [5.41, 5.74) is 1.14. The third-order valence-corrected chi connectivity index (χ3v) is 3.18. The van der Waals surface area contributed by atoms with Crippen molar-refractivity contribution in [2.45, 2.75) is 25.8 Å². The Morgan fingerprint density at radius 3 is 2.53 bits per heavy atom. The Hall–Kier alpha value is -1.02. The minimum absolute atomic E-state index is 0.147. The van der Waals surface area contributed by atoms with Crippen molar-refractivity contribution in [3.8, 4) is 0 Å². The maximum Gasteiger partial charge on any atom is 0.223 e. The fraction of sp³-hybridized carbons (Fsp3) is 0.417. The van der Waals surface area contributed by atoms with Crippen molar-refractivity contribution in [2.75, 3.05) is 0 Å². The maximum absolute atomic E-state index is 11.5. The highest BCUT2D eigenvalue weighted by Gasteiger charge is 2.25. The molecule has 2 rings (SSSR count). The van der Waals surface area contributed by atoms with Crippen molar-refractivity contribution in [1.29, 1.82) is 0 Å². The van der Waals surface area contributed by atoms with Crippen LogP contribution in [0.1, 0.15) is 31.4 Å². The molecule has 1 aromatic carbocycles. The molecule has 0 bridgehead atoms. The average molecular weight is 224 g/mol. The Balaban J connectivity index is 2.12. The quantitative estimate of drug-likeness (QED) is 0.779. The first kappa shape index (κ1) is 10.5. The zero-order valence-corrected chi connectivity index (χ0v) is 9.42. The van der Waals surface area contributed by atoms with Gasteiger partial charge in [-0.2, -0.15) is 0 Å². The van der Waals surface area contributed by atoms with E-state index in [4.69, 9.17) is 11.6 Å². The van der Waals surface area contributed by atoms with Gasteiger partial charge in [0.05, 0.1) is 6.04 Å². The largest absolute Gasteiger partial charge is 0.349 e. The number of halogens is 1. The van der Waals surface area contributed by atoms with E-state index in [1.165, 1.54) is 0 Å². The highest BCUT2D eigenvalue weighted by atomic mass is 35.5. The van der Waals surface area contributed by atoms with Crippen LogP contribution < -0.4 is 5.32 Å². The van der Waals surface area contributed by atoms with Crippen molar-refractivity contribution in [1.82, 2.24) is 5.32 Å². The molecule has 2 atom stereocenters. The summed E-state index contributed by atoms with van der Waals surface area (Å²) in [6.07, 6.45) is 1.97. The number of benzene rings is 1. The van der Waals surface area contributed by atoms with Gasteiger partial charge in [0.25, 0.3) is 0 Å². The molecule has 3 heteroatoms. The van der Waals surface area contributed by atoms with Gasteiger partial charge in [-0.1, -0.05) is 30.7 Å². The van der Waals surface area contributed by atoms with E-state index < -0.39 is 0 Å². The SMILES string of the molecule is CC1CCC(c2ccc(Cl)cc2)NC1=O. The Kier molecular flexibility index (Phi) is 2.96. The molecule has 1 heterocycles. The lowest BCUT2D eigenvalue weighted by molar-refractivity contribution is -0.127. The van der Waals surface area contributed by atoms with E-state index in [9.17, 15) is 4.79 Å². The summed E-state index contributed by atoms with van der Waals surface area (Å²) in [6, 6.07) is 7.83. The lowest BCUT2D eigenvalue weighted by atomic mass is 9.91. The Morgan fingerprint density at radius 1 is 1.27 bits per heavy atom. The fourth-order valence-corrected chi connectivity index (χ4v) is 2.00. The van der Waals surface area contributed by atoms with Crippen LogP contribution in [0.4, 0.5) is 0 Å². The molecule has 0 saturated carbocycles. The van der Waals surface area contributed by atoms with Crippen LogP contribution in [0.2, 0.25) is 5.02 Å². The first-order chi connectivity index (χ1) is 7.16. The van der Waals surface area contributed by atoms with Crippen molar-refractivity contribution >= 4 is 17.5 Å². The van der Waals surface area contributed by atoms with Gasteiger partial charge in [-0.05, 0) is 30.5 Å². The molecule has 1 aliphatic rings. The van der Waals surface area contributed by atoms with Crippen LogP contribution in [0.25, 0.3) is 0 Å². The normalized spacial score (nSPS) is 26.1. The zero-order valence-electron chi connectivity index (χ0n) is 8.66. The molecular weight excluding hydrogens is 210 g/mol. The molecule has 2 nitrogen and oxygen atoms in total. The fourth-order valence-electron chi connectivity index (χ4n) is 1.88. The first-order valence-corrected chi connectivity index (χ1v) is 5.60. The van der Waals surface area contributed by atoms with Crippen LogP contribution in [0.3, 0.4) is 0 Å². The second kappa shape index (κ2) is 4.23. The molecule has 1 saturated heterocycles. The van der Waals surface area contributed by atoms with Gasteiger partial charge in [-0.25, -0.2) is 0 Å². The molecule has 1 aliphatic heterocycles. The molecule has 80 valence electrons. The number of carbonyl (C=O) groups excluding carboxylic acids is 1. The molecule has 1 aromatic rings. The molecule has 15 heavy (non-hydrogen) atoms. The topological polar surface area (TPSA) is 29.1 Å². The summed E-state index contributed by atoms with van der Waals surface area (Å²) in [7, 11) is 0. The molecule has 1 amide bonds. The predicted molar refractivity (Wildman–Crippen MR) is 60.7 cm³/mol. The van der Waals surface area contributed by atoms with Crippen LogP contribution >= 0.6 is 11.6 Å². The summed E-state index contributed by atoms with van der Waals surface area (Å²) >= 11 is 5.82. The number of nitrogens with one attached hydrogen (secondary N) is 1. The van der Waals surface area contributed by atoms with Gasteiger partial charge in [-0.15, -0.1) is 0 Å². The number of rotatable bonds is 1. The highest BCUT2D eigenvalue weighted by molar-refractivity contribution is 6.30. The summed E-state index contributed by atoms with van der Waals surface area (Å²) in [5, 5.41) is 3.75. The van der Waals surface area contributed by atoms with Crippen molar-refractivity contribution in [3.05, 3.63) is 34.9 Å². The minimum atomic E-state index is 0.147. The molecule has 0 aromatic heterocycles. The lowest BCUT2D eigenvalue weighted by Gasteiger charge is -2.27. The van der Waals surface area contributed by atoms with E-state index in [2.05, 4.69) is 5.32 Å². The minimum Gasteiger partial charge on any atom is -0.349 e. The second-order valence-corrected chi connectivity index (χ2v) is 4.53. The van der Waals surface area contributed by atoms with Crippen LogP contribution in [0.5, 0.6) is 0 Å². The Morgan fingerprint density at radius 2 is 1.93 bits per heavy atom. The van der Waals surface area contributed by atoms with Gasteiger partial charge in [0.15, 0.2) is 0 Å². The summed E-state index contributed by atoms with van der Waals surface area (Å²) < 4.78 is 0. The van der Waals surface area contributed by atoms with Gasteiger partial charge >= 0.3 is 0 Å². The molecule has 1 fully saturated rings. The van der Waals surface area contributed by atoms with Gasteiger partial charge in [-0.3, -0.25) is 4.79 Å². The number of hydrogen-bond donors (Lipinski definition) is 1. The van der Waals surface area contributed by atoms with E-state index in [-0.39, 0.29) is 17.9 Å². The molecule has 1 N–H and O–H groups in total. The standard InChI is InChI=1S/C12H14ClNO/c1-8-2-7-11(14-12(8)15)9-3-5-10(13)6-4-9/h3-6,8,11H,2,7H2,1H3,(H,14,15). The molecule has 0 radical (unpaired) electrons. The molecular formula is C12H14ClNO. The summed E-state index contributed by atoms with van der Waals surface area (Å²) in [4.78, 5) is 11.5. The average Bonchev–Trinajstić information content (AvgIpc) is 2.23. The van der Waals surface area contributed by atoms with Crippen molar-refractivity contribution in [2.24, 2.45) is 5.92 Å². The van der Waals surface area contributed by atoms with E-state index in [0.717, 1.165) is 23.4 Å². The summed E-state index contributed by atoms with van der Waals surface area (Å²) in [6.45, 7) is 1.97. The van der Waals surface area contributed by atoms with E-state index >= 15 is 0 Å². The number of hydrogen-bond acceptors (Lipinski definition) is 1. The van der Waals surface area contributed by atoms with Gasteiger partial charge in [0.1, 0.15) is 0 Å².